The maximum atomic E-state index is 12.4. The highest BCUT2D eigenvalue weighted by Crippen LogP contribution is 2.35. The Hall–Kier alpha value is -0.620. The first-order valence-electron chi connectivity index (χ1n) is 7.03. The number of nitrogens with zero attached hydrogens (tertiary/aromatic N) is 1. The molecule has 116 valence electrons. The SMILES string of the molecule is COCCN1C(=O)CCCC(N)C1c1cc(Br)ccc1Cl. The molecule has 1 aromatic carbocycles. The molecule has 0 aliphatic carbocycles. The Bertz CT molecular complexity index is 512. The molecule has 4 nitrogen and oxygen atoms in total. The molecule has 21 heavy (non-hydrogen) atoms. The zero-order chi connectivity index (χ0) is 15.4. The molecule has 2 rings (SSSR count). The van der Waals surface area contributed by atoms with Crippen LogP contribution in [-0.2, 0) is 9.53 Å². The van der Waals surface area contributed by atoms with Gasteiger partial charge < -0.3 is 15.4 Å². The Morgan fingerprint density at radius 1 is 1.52 bits per heavy atom. The second-order valence-corrected chi connectivity index (χ2v) is 6.57. The van der Waals surface area contributed by atoms with Crippen LogP contribution in [-0.4, -0.2) is 37.1 Å². The van der Waals surface area contributed by atoms with E-state index in [4.69, 9.17) is 22.1 Å². The van der Waals surface area contributed by atoms with E-state index in [1.54, 1.807) is 7.11 Å². The summed E-state index contributed by atoms with van der Waals surface area (Å²) in [5.74, 6) is 0.112. The van der Waals surface area contributed by atoms with Crippen molar-refractivity contribution in [3.8, 4) is 0 Å². The molecule has 1 heterocycles. The van der Waals surface area contributed by atoms with Crippen LogP contribution in [0.3, 0.4) is 0 Å². The first kappa shape index (κ1) is 16.7. The van der Waals surface area contributed by atoms with Crippen molar-refractivity contribution in [2.75, 3.05) is 20.3 Å². The standard InChI is InChI=1S/C15H20BrClN2O2/c1-21-8-7-19-14(20)4-2-3-13(18)15(19)11-9-10(16)5-6-12(11)17/h5-6,9,13,15H,2-4,7-8,18H2,1H3. The lowest BCUT2D eigenvalue weighted by Crippen LogP contribution is -2.43. The molecule has 0 saturated carbocycles. The molecule has 0 bridgehead atoms. The molecule has 6 heteroatoms. The fraction of sp³-hybridized carbons (Fsp3) is 0.533. The van der Waals surface area contributed by atoms with E-state index in [2.05, 4.69) is 15.9 Å². The first-order chi connectivity index (χ1) is 10.0. The molecule has 0 spiro atoms. The lowest BCUT2D eigenvalue weighted by molar-refractivity contribution is -0.134. The zero-order valence-electron chi connectivity index (χ0n) is 12.0. The van der Waals surface area contributed by atoms with E-state index in [1.165, 1.54) is 0 Å². The largest absolute Gasteiger partial charge is 0.383 e. The number of carbonyl (C=O) groups is 1. The summed E-state index contributed by atoms with van der Waals surface area (Å²) in [6.07, 6.45) is 2.15. The number of hydrogen-bond acceptors (Lipinski definition) is 3. The van der Waals surface area contributed by atoms with Crippen molar-refractivity contribution >= 4 is 33.4 Å². The van der Waals surface area contributed by atoms with Crippen LogP contribution in [0, 0.1) is 0 Å². The van der Waals surface area contributed by atoms with Gasteiger partial charge in [0.15, 0.2) is 0 Å². The van der Waals surface area contributed by atoms with Gasteiger partial charge in [0.05, 0.1) is 12.6 Å². The quantitative estimate of drug-likeness (QED) is 0.879. The highest BCUT2D eigenvalue weighted by atomic mass is 79.9. The van der Waals surface area contributed by atoms with E-state index in [0.717, 1.165) is 22.9 Å². The third-order valence-electron chi connectivity index (χ3n) is 3.80. The number of hydrogen-bond donors (Lipinski definition) is 1. The van der Waals surface area contributed by atoms with Gasteiger partial charge in [-0.05, 0) is 36.6 Å². The van der Waals surface area contributed by atoms with Crippen LogP contribution >= 0.6 is 27.5 Å². The number of carbonyl (C=O) groups excluding carboxylic acids is 1. The Labute approximate surface area is 138 Å². The van der Waals surface area contributed by atoms with Crippen molar-refractivity contribution < 1.29 is 9.53 Å². The van der Waals surface area contributed by atoms with E-state index < -0.39 is 0 Å². The van der Waals surface area contributed by atoms with Gasteiger partial charge in [-0.1, -0.05) is 27.5 Å². The van der Waals surface area contributed by atoms with Gasteiger partial charge in [-0.3, -0.25) is 4.79 Å². The van der Waals surface area contributed by atoms with Crippen LogP contribution < -0.4 is 5.73 Å². The number of benzene rings is 1. The molecular weight excluding hydrogens is 356 g/mol. The Kier molecular flexibility index (Phi) is 6.05. The fourth-order valence-electron chi connectivity index (χ4n) is 2.77. The summed E-state index contributed by atoms with van der Waals surface area (Å²) in [5, 5.41) is 0.635. The molecule has 1 fully saturated rings. The number of ether oxygens (including phenoxy) is 1. The van der Waals surface area contributed by atoms with Gasteiger partial charge >= 0.3 is 0 Å². The molecular formula is C15H20BrClN2O2. The summed E-state index contributed by atoms with van der Waals surface area (Å²) in [6, 6.07) is 5.33. The van der Waals surface area contributed by atoms with Crippen molar-refractivity contribution in [2.45, 2.75) is 31.3 Å². The third kappa shape index (κ3) is 3.97. The minimum Gasteiger partial charge on any atom is -0.383 e. The predicted molar refractivity (Wildman–Crippen MR) is 87.3 cm³/mol. The summed E-state index contributed by atoms with van der Waals surface area (Å²) < 4.78 is 6.06. The zero-order valence-corrected chi connectivity index (χ0v) is 14.4. The summed E-state index contributed by atoms with van der Waals surface area (Å²) in [5.41, 5.74) is 7.24. The minimum absolute atomic E-state index is 0.112. The Balaban J connectivity index is 2.41. The highest BCUT2D eigenvalue weighted by Gasteiger charge is 2.33. The minimum atomic E-state index is -0.208. The van der Waals surface area contributed by atoms with E-state index in [-0.39, 0.29) is 18.0 Å². The lowest BCUT2D eigenvalue weighted by Gasteiger charge is -2.34. The van der Waals surface area contributed by atoms with Crippen molar-refractivity contribution in [1.82, 2.24) is 4.90 Å². The van der Waals surface area contributed by atoms with Crippen LogP contribution in [0.15, 0.2) is 22.7 Å². The third-order valence-corrected chi connectivity index (χ3v) is 4.64. The lowest BCUT2D eigenvalue weighted by atomic mass is 9.96. The molecule has 0 aromatic heterocycles. The maximum Gasteiger partial charge on any atom is 0.223 e. The predicted octanol–water partition coefficient (Wildman–Crippen LogP) is 3.13. The Morgan fingerprint density at radius 2 is 2.29 bits per heavy atom. The second kappa shape index (κ2) is 7.58. The molecule has 2 N–H and O–H groups in total. The number of nitrogens with two attached hydrogens (primary N) is 1. The van der Waals surface area contributed by atoms with Gasteiger partial charge in [-0.15, -0.1) is 0 Å². The molecule has 2 unspecified atom stereocenters. The van der Waals surface area contributed by atoms with Crippen molar-refractivity contribution in [3.05, 3.63) is 33.3 Å². The van der Waals surface area contributed by atoms with Gasteiger partial charge in [0.1, 0.15) is 0 Å². The van der Waals surface area contributed by atoms with E-state index >= 15 is 0 Å². The molecule has 1 aromatic rings. The van der Waals surface area contributed by atoms with Crippen LogP contribution in [0.1, 0.15) is 30.9 Å². The number of rotatable bonds is 4. The Morgan fingerprint density at radius 3 is 3.00 bits per heavy atom. The van der Waals surface area contributed by atoms with Gasteiger partial charge in [0.2, 0.25) is 5.91 Å². The average molecular weight is 376 g/mol. The number of methoxy groups -OCH3 is 1. The van der Waals surface area contributed by atoms with Crippen LogP contribution in [0.2, 0.25) is 5.02 Å². The average Bonchev–Trinajstić information content (AvgIpc) is 2.58. The topological polar surface area (TPSA) is 55.6 Å². The van der Waals surface area contributed by atoms with Gasteiger partial charge in [-0.2, -0.15) is 0 Å². The normalized spacial score (nSPS) is 23.2. The van der Waals surface area contributed by atoms with E-state index in [1.807, 2.05) is 23.1 Å². The summed E-state index contributed by atoms with van der Waals surface area (Å²) in [7, 11) is 1.63. The number of amides is 1. The van der Waals surface area contributed by atoms with Crippen LogP contribution in [0.25, 0.3) is 0 Å². The molecule has 1 aliphatic heterocycles. The molecule has 1 aliphatic rings. The summed E-state index contributed by atoms with van der Waals surface area (Å²) in [6.45, 7) is 1.01. The summed E-state index contributed by atoms with van der Waals surface area (Å²) >= 11 is 9.81. The van der Waals surface area contributed by atoms with Gasteiger partial charge in [0.25, 0.3) is 0 Å². The monoisotopic (exact) mass is 374 g/mol. The first-order valence-corrected chi connectivity index (χ1v) is 8.20. The number of likely N-dealkylation sites (tertiary alicyclic amines) is 1. The smallest absolute Gasteiger partial charge is 0.223 e. The summed E-state index contributed by atoms with van der Waals surface area (Å²) in [4.78, 5) is 14.2. The van der Waals surface area contributed by atoms with Crippen LogP contribution in [0.4, 0.5) is 0 Å². The van der Waals surface area contributed by atoms with Crippen molar-refractivity contribution in [3.63, 3.8) is 0 Å². The van der Waals surface area contributed by atoms with Gasteiger partial charge in [-0.25, -0.2) is 0 Å². The van der Waals surface area contributed by atoms with Crippen molar-refractivity contribution in [1.29, 1.82) is 0 Å². The van der Waals surface area contributed by atoms with Gasteiger partial charge in [0, 0.05) is 35.6 Å². The molecule has 2 atom stereocenters. The molecule has 0 radical (unpaired) electrons. The molecule has 1 saturated heterocycles. The van der Waals surface area contributed by atoms with Crippen LogP contribution in [0.5, 0.6) is 0 Å². The fourth-order valence-corrected chi connectivity index (χ4v) is 3.38. The molecule has 1 amide bonds. The number of halogens is 2. The maximum absolute atomic E-state index is 12.4. The van der Waals surface area contributed by atoms with E-state index in [9.17, 15) is 4.79 Å². The second-order valence-electron chi connectivity index (χ2n) is 5.25. The highest BCUT2D eigenvalue weighted by molar-refractivity contribution is 9.10. The van der Waals surface area contributed by atoms with E-state index in [0.29, 0.717) is 24.6 Å². The van der Waals surface area contributed by atoms with Crippen molar-refractivity contribution in [2.24, 2.45) is 5.73 Å².